The first-order chi connectivity index (χ1) is 20.4. The number of carbonyl (C=O) groups excluding carboxylic acids is 1. The number of para-hydroxylation sites is 1. The van der Waals surface area contributed by atoms with Crippen LogP contribution in [0, 0.1) is 0 Å². The molecule has 0 saturated carbocycles. The molecule has 0 saturated heterocycles. The van der Waals surface area contributed by atoms with Crippen LogP contribution in [0.3, 0.4) is 0 Å². The van der Waals surface area contributed by atoms with E-state index in [0.29, 0.717) is 26.6 Å². The Morgan fingerprint density at radius 3 is 2.52 bits per heavy atom. The normalized spacial score (nSPS) is 11.2. The molecule has 0 fully saturated rings. The van der Waals surface area contributed by atoms with E-state index in [1.54, 1.807) is 35.2 Å². The number of aromatic nitrogens is 4. The maximum atomic E-state index is 13.0. The first-order valence-corrected chi connectivity index (χ1v) is 16.9. The summed E-state index contributed by atoms with van der Waals surface area (Å²) in [5.74, 6) is 1.40. The highest BCUT2D eigenvalue weighted by atomic mass is 79.9. The van der Waals surface area contributed by atoms with Crippen LogP contribution in [0.15, 0.2) is 105 Å². The summed E-state index contributed by atoms with van der Waals surface area (Å²) in [6, 6.07) is 29.0. The van der Waals surface area contributed by atoms with Gasteiger partial charge in [-0.1, -0.05) is 93.0 Å². The SMILES string of the molecule is O=C(CSc1nnc(-c2ccc(Cl)cc2Cl)n1-c1ccccc1)Nc1ccc2nc(SCc3ccc(Br)cc3)sc2c1. The number of hydrogen-bond acceptors (Lipinski definition) is 7. The minimum Gasteiger partial charge on any atom is -0.325 e. The van der Waals surface area contributed by atoms with E-state index >= 15 is 0 Å². The van der Waals surface area contributed by atoms with E-state index < -0.39 is 0 Å². The molecule has 2 heterocycles. The molecule has 0 aliphatic rings. The lowest BCUT2D eigenvalue weighted by molar-refractivity contribution is -0.113. The van der Waals surface area contributed by atoms with E-state index in [2.05, 4.69) is 43.6 Å². The van der Waals surface area contributed by atoms with E-state index in [0.717, 1.165) is 36.2 Å². The zero-order valence-corrected chi connectivity index (χ0v) is 27.2. The lowest BCUT2D eigenvalue weighted by atomic mass is 10.2. The number of fused-ring (bicyclic) bond motifs is 1. The molecule has 4 aromatic carbocycles. The Hall–Kier alpha value is -2.86. The molecule has 42 heavy (non-hydrogen) atoms. The second-order valence-corrected chi connectivity index (χ2v) is 14.0. The van der Waals surface area contributed by atoms with Crippen LogP contribution in [-0.2, 0) is 10.5 Å². The van der Waals surface area contributed by atoms with Gasteiger partial charge in [-0.3, -0.25) is 9.36 Å². The Morgan fingerprint density at radius 1 is 0.929 bits per heavy atom. The number of anilines is 1. The van der Waals surface area contributed by atoms with Crippen LogP contribution in [0.1, 0.15) is 5.56 Å². The van der Waals surface area contributed by atoms with Crippen LogP contribution in [0.2, 0.25) is 10.0 Å². The Bertz CT molecular complexity index is 1880. The van der Waals surface area contributed by atoms with Crippen molar-refractivity contribution in [1.29, 1.82) is 0 Å². The molecular weight excluding hydrogens is 693 g/mol. The van der Waals surface area contributed by atoms with Gasteiger partial charge in [0.1, 0.15) is 0 Å². The summed E-state index contributed by atoms with van der Waals surface area (Å²) in [6.07, 6.45) is 0. The van der Waals surface area contributed by atoms with Gasteiger partial charge in [0.2, 0.25) is 5.91 Å². The Labute approximate surface area is 273 Å². The van der Waals surface area contributed by atoms with Crippen LogP contribution in [0.4, 0.5) is 5.69 Å². The molecule has 0 aliphatic heterocycles. The standard InChI is InChI=1S/C30H20BrCl2N5OS3/c31-19-8-6-18(7-9-19)16-41-30-35-25-13-11-21(15-26(25)42-30)34-27(39)17-40-29-37-36-28(23-12-10-20(32)14-24(23)33)38(29)22-4-2-1-3-5-22/h1-15H,16-17H2,(H,34,39). The molecule has 0 aliphatic carbocycles. The van der Waals surface area contributed by atoms with E-state index in [1.165, 1.54) is 17.3 Å². The number of rotatable bonds is 9. The van der Waals surface area contributed by atoms with Crippen molar-refractivity contribution in [2.24, 2.45) is 0 Å². The summed E-state index contributed by atoms with van der Waals surface area (Å²) < 4.78 is 4.97. The highest BCUT2D eigenvalue weighted by Gasteiger charge is 2.19. The van der Waals surface area contributed by atoms with Crippen LogP contribution in [-0.4, -0.2) is 31.4 Å². The summed E-state index contributed by atoms with van der Waals surface area (Å²) in [7, 11) is 0. The van der Waals surface area contributed by atoms with Gasteiger partial charge in [0, 0.05) is 32.2 Å². The summed E-state index contributed by atoms with van der Waals surface area (Å²) in [6.45, 7) is 0. The number of thioether (sulfide) groups is 2. The molecule has 0 bridgehead atoms. The van der Waals surface area contributed by atoms with Gasteiger partial charge in [-0.05, 0) is 66.2 Å². The van der Waals surface area contributed by atoms with Crippen LogP contribution in [0.5, 0.6) is 0 Å². The molecule has 12 heteroatoms. The first kappa shape index (κ1) is 29.2. The summed E-state index contributed by atoms with van der Waals surface area (Å²) >= 11 is 20.7. The van der Waals surface area contributed by atoms with Crippen molar-refractivity contribution in [1.82, 2.24) is 19.7 Å². The topological polar surface area (TPSA) is 72.7 Å². The second kappa shape index (κ2) is 13.2. The smallest absolute Gasteiger partial charge is 0.234 e. The van der Waals surface area contributed by atoms with E-state index in [4.69, 9.17) is 28.2 Å². The first-order valence-electron chi connectivity index (χ1n) is 12.6. The maximum absolute atomic E-state index is 13.0. The summed E-state index contributed by atoms with van der Waals surface area (Å²) in [5.41, 5.74) is 4.42. The van der Waals surface area contributed by atoms with Gasteiger partial charge in [0.05, 0.1) is 21.0 Å². The number of hydrogen-bond donors (Lipinski definition) is 1. The largest absolute Gasteiger partial charge is 0.325 e. The van der Waals surface area contributed by atoms with Crippen molar-refractivity contribution >= 4 is 95.8 Å². The van der Waals surface area contributed by atoms with Crippen molar-refractivity contribution in [3.63, 3.8) is 0 Å². The molecule has 6 rings (SSSR count). The maximum Gasteiger partial charge on any atom is 0.234 e. The minimum atomic E-state index is -0.151. The third-order valence-corrected chi connectivity index (χ3v) is 10.3. The van der Waals surface area contributed by atoms with Gasteiger partial charge >= 0.3 is 0 Å². The van der Waals surface area contributed by atoms with Gasteiger partial charge in [0.15, 0.2) is 15.3 Å². The average molecular weight is 714 g/mol. The predicted octanol–water partition coefficient (Wildman–Crippen LogP) is 9.64. The molecule has 0 unspecified atom stereocenters. The molecule has 0 radical (unpaired) electrons. The molecular formula is C30H20BrCl2N5OS3. The molecule has 2 aromatic heterocycles. The fourth-order valence-corrected chi connectivity index (χ4v) is 7.69. The molecule has 6 nitrogen and oxygen atoms in total. The quantitative estimate of drug-likeness (QED) is 0.151. The number of benzene rings is 4. The zero-order valence-electron chi connectivity index (χ0n) is 21.6. The van der Waals surface area contributed by atoms with Gasteiger partial charge < -0.3 is 5.32 Å². The number of nitrogens with one attached hydrogen (secondary N) is 1. The third-order valence-electron chi connectivity index (χ3n) is 6.08. The molecule has 0 atom stereocenters. The number of carbonyl (C=O) groups is 1. The fraction of sp³-hybridized carbons (Fsp3) is 0.0667. The molecule has 0 spiro atoms. The number of amides is 1. The molecule has 210 valence electrons. The Kier molecular flexibility index (Phi) is 9.18. The minimum absolute atomic E-state index is 0.147. The summed E-state index contributed by atoms with van der Waals surface area (Å²) in [4.78, 5) is 17.7. The average Bonchev–Trinajstić information content (AvgIpc) is 3.60. The molecule has 6 aromatic rings. The molecule has 1 amide bonds. The van der Waals surface area contributed by atoms with Gasteiger partial charge in [0.25, 0.3) is 0 Å². The number of nitrogens with zero attached hydrogens (tertiary/aromatic N) is 4. The number of halogens is 3. The van der Waals surface area contributed by atoms with Gasteiger partial charge in [-0.2, -0.15) is 0 Å². The van der Waals surface area contributed by atoms with E-state index in [9.17, 15) is 4.79 Å². The Balaban J connectivity index is 1.15. The zero-order chi connectivity index (χ0) is 29.1. The van der Waals surface area contributed by atoms with Crippen molar-refractivity contribution < 1.29 is 4.79 Å². The van der Waals surface area contributed by atoms with Gasteiger partial charge in [-0.15, -0.1) is 21.5 Å². The third kappa shape index (κ3) is 6.85. The highest BCUT2D eigenvalue weighted by Crippen LogP contribution is 2.35. The fourth-order valence-electron chi connectivity index (χ4n) is 4.11. The monoisotopic (exact) mass is 711 g/mol. The Morgan fingerprint density at radius 2 is 1.74 bits per heavy atom. The van der Waals surface area contributed by atoms with E-state index in [-0.39, 0.29) is 11.7 Å². The van der Waals surface area contributed by atoms with Crippen molar-refractivity contribution in [2.45, 2.75) is 15.2 Å². The number of thiazole rings is 1. The van der Waals surface area contributed by atoms with Gasteiger partial charge in [-0.25, -0.2) is 4.98 Å². The summed E-state index contributed by atoms with van der Waals surface area (Å²) in [5, 5.41) is 13.4. The van der Waals surface area contributed by atoms with Crippen LogP contribution >= 0.6 is 74.0 Å². The molecule has 1 N–H and O–H groups in total. The lowest BCUT2D eigenvalue weighted by Gasteiger charge is -2.11. The van der Waals surface area contributed by atoms with Crippen LogP contribution in [0.25, 0.3) is 27.3 Å². The lowest BCUT2D eigenvalue weighted by Crippen LogP contribution is -2.14. The van der Waals surface area contributed by atoms with Crippen molar-refractivity contribution in [2.75, 3.05) is 11.1 Å². The van der Waals surface area contributed by atoms with Crippen LogP contribution < -0.4 is 5.32 Å². The van der Waals surface area contributed by atoms with Crippen molar-refractivity contribution in [3.8, 4) is 17.1 Å². The van der Waals surface area contributed by atoms with Crippen molar-refractivity contribution in [3.05, 3.63) is 111 Å². The predicted molar refractivity (Wildman–Crippen MR) is 179 cm³/mol. The second-order valence-electron chi connectivity index (χ2n) is 9.02. The highest BCUT2D eigenvalue weighted by molar-refractivity contribution is 9.10. The van der Waals surface area contributed by atoms with E-state index in [1.807, 2.05) is 71.3 Å².